The fourth-order valence-electron chi connectivity index (χ4n) is 2.79. The molecule has 3 heteroatoms. The van der Waals surface area contributed by atoms with Crippen LogP contribution in [0.15, 0.2) is 36.5 Å². The van der Waals surface area contributed by atoms with Crippen LogP contribution in [0.2, 0.25) is 0 Å². The van der Waals surface area contributed by atoms with Gasteiger partial charge in [-0.05, 0) is 36.8 Å². The SMILES string of the molecule is O=C(OCc1ccccn1)[C@H]1C[C@@H]2C=C[C@H]1C2. The third-order valence-electron chi connectivity index (χ3n) is 3.67. The lowest BCUT2D eigenvalue weighted by Crippen LogP contribution is -2.21. The van der Waals surface area contributed by atoms with Gasteiger partial charge in [0.15, 0.2) is 0 Å². The van der Waals surface area contributed by atoms with E-state index in [4.69, 9.17) is 4.74 Å². The highest BCUT2D eigenvalue weighted by atomic mass is 16.5. The molecule has 0 aliphatic heterocycles. The highest BCUT2D eigenvalue weighted by Crippen LogP contribution is 2.43. The molecule has 1 heterocycles. The van der Waals surface area contributed by atoms with E-state index in [9.17, 15) is 4.79 Å². The molecule has 2 aliphatic rings. The second-order valence-electron chi connectivity index (χ2n) is 4.82. The molecule has 3 nitrogen and oxygen atoms in total. The van der Waals surface area contributed by atoms with Crippen molar-refractivity contribution >= 4 is 5.97 Å². The molecule has 0 N–H and O–H groups in total. The van der Waals surface area contributed by atoms with Crippen LogP contribution in [0, 0.1) is 17.8 Å². The minimum atomic E-state index is -0.0625. The van der Waals surface area contributed by atoms with Gasteiger partial charge in [0, 0.05) is 6.20 Å². The molecule has 0 radical (unpaired) electrons. The van der Waals surface area contributed by atoms with Crippen molar-refractivity contribution in [3.8, 4) is 0 Å². The summed E-state index contributed by atoms with van der Waals surface area (Å²) in [6, 6.07) is 5.62. The molecule has 1 aromatic rings. The fourth-order valence-corrected chi connectivity index (χ4v) is 2.79. The summed E-state index contributed by atoms with van der Waals surface area (Å²) in [5.41, 5.74) is 0.805. The van der Waals surface area contributed by atoms with Gasteiger partial charge in [-0.2, -0.15) is 0 Å². The number of aromatic nitrogens is 1. The van der Waals surface area contributed by atoms with Crippen LogP contribution in [0.4, 0.5) is 0 Å². The number of ether oxygens (including phenoxy) is 1. The topological polar surface area (TPSA) is 39.2 Å². The number of nitrogens with zero attached hydrogens (tertiary/aromatic N) is 1. The van der Waals surface area contributed by atoms with Gasteiger partial charge in [0.05, 0.1) is 11.6 Å². The van der Waals surface area contributed by atoms with Crippen molar-refractivity contribution < 1.29 is 9.53 Å². The number of carbonyl (C=O) groups is 1. The number of rotatable bonds is 3. The van der Waals surface area contributed by atoms with Crippen molar-refractivity contribution in [2.75, 3.05) is 0 Å². The van der Waals surface area contributed by atoms with Crippen molar-refractivity contribution in [3.05, 3.63) is 42.2 Å². The maximum Gasteiger partial charge on any atom is 0.309 e. The molecular weight excluding hydrogens is 214 g/mol. The molecule has 0 spiro atoms. The van der Waals surface area contributed by atoms with Crippen molar-refractivity contribution in [3.63, 3.8) is 0 Å². The molecule has 1 fully saturated rings. The zero-order valence-corrected chi connectivity index (χ0v) is 9.58. The summed E-state index contributed by atoms with van der Waals surface area (Å²) in [5, 5.41) is 0. The molecule has 0 unspecified atom stereocenters. The molecular formula is C14H15NO2. The Morgan fingerprint density at radius 2 is 2.29 bits per heavy atom. The zero-order valence-electron chi connectivity index (χ0n) is 9.58. The number of allylic oxidation sites excluding steroid dienone is 2. The van der Waals surface area contributed by atoms with Gasteiger partial charge in [-0.3, -0.25) is 9.78 Å². The molecule has 3 rings (SSSR count). The first kappa shape index (κ1) is 10.5. The van der Waals surface area contributed by atoms with Gasteiger partial charge in [-0.1, -0.05) is 18.2 Å². The Hall–Kier alpha value is -1.64. The van der Waals surface area contributed by atoms with Crippen molar-refractivity contribution in [2.24, 2.45) is 17.8 Å². The number of esters is 1. The van der Waals surface area contributed by atoms with E-state index in [2.05, 4.69) is 17.1 Å². The Balaban J connectivity index is 1.56. The molecule has 2 aliphatic carbocycles. The smallest absolute Gasteiger partial charge is 0.309 e. The molecule has 0 amide bonds. The van der Waals surface area contributed by atoms with E-state index in [0.29, 0.717) is 11.8 Å². The van der Waals surface area contributed by atoms with Crippen LogP contribution in [0.5, 0.6) is 0 Å². The monoisotopic (exact) mass is 229 g/mol. The second-order valence-corrected chi connectivity index (χ2v) is 4.82. The molecule has 88 valence electrons. The first-order chi connectivity index (χ1) is 8.33. The van der Waals surface area contributed by atoms with Crippen LogP contribution >= 0.6 is 0 Å². The van der Waals surface area contributed by atoms with Crippen LogP contribution in [-0.4, -0.2) is 11.0 Å². The highest BCUT2D eigenvalue weighted by molar-refractivity contribution is 5.74. The Labute approximate surface area is 101 Å². The summed E-state index contributed by atoms with van der Waals surface area (Å²) in [6.45, 7) is 0.289. The van der Waals surface area contributed by atoms with Gasteiger partial charge in [-0.25, -0.2) is 0 Å². The van der Waals surface area contributed by atoms with E-state index in [1.165, 1.54) is 0 Å². The number of carbonyl (C=O) groups excluding carboxylic acids is 1. The zero-order chi connectivity index (χ0) is 11.7. The normalized spacial score (nSPS) is 29.5. The maximum absolute atomic E-state index is 11.9. The van der Waals surface area contributed by atoms with E-state index < -0.39 is 0 Å². The van der Waals surface area contributed by atoms with E-state index in [1.807, 2.05) is 18.2 Å². The van der Waals surface area contributed by atoms with Crippen LogP contribution in [0.1, 0.15) is 18.5 Å². The largest absolute Gasteiger partial charge is 0.459 e. The molecule has 3 atom stereocenters. The summed E-state index contributed by atoms with van der Waals surface area (Å²) < 4.78 is 5.33. The van der Waals surface area contributed by atoms with Gasteiger partial charge >= 0.3 is 5.97 Å². The van der Waals surface area contributed by atoms with E-state index >= 15 is 0 Å². The third kappa shape index (κ3) is 2.09. The van der Waals surface area contributed by atoms with Gasteiger partial charge in [0.1, 0.15) is 6.61 Å². The number of fused-ring (bicyclic) bond motifs is 2. The lowest BCUT2D eigenvalue weighted by molar-refractivity contribution is -0.150. The molecule has 17 heavy (non-hydrogen) atoms. The molecule has 1 aromatic heterocycles. The predicted molar refractivity (Wildman–Crippen MR) is 62.9 cm³/mol. The lowest BCUT2D eigenvalue weighted by atomic mass is 9.94. The minimum Gasteiger partial charge on any atom is -0.459 e. The van der Waals surface area contributed by atoms with Crippen LogP contribution in [0.3, 0.4) is 0 Å². The number of hydrogen-bond donors (Lipinski definition) is 0. The van der Waals surface area contributed by atoms with E-state index in [0.717, 1.165) is 18.5 Å². The molecule has 0 aromatic carbocycles. The maximum atomic E-state index is 11.9. The Morgan fingerprint density at radius 1 is 1.35 bits per heavy atom. The van der Waals surface area contributed by atoms with Gasteiger partial charge < -0.3 is 4.74 Å². The summed E-state index contributed by atoms with van der Waals surface area (Å²) in [4.78, 5) is 16.1. The quantitative estimate of drug-likeness (QED) is 0.590. The second kappa shape index (κ2) is 4.32. The summed E-state index contributed by atoms with van der Waals surface area (Å²) >= 11 is 0. The third-order valence-corrected chi connectivity index (χ3v) is 3.67. The van der Waals surface area contributed by atoms with Crippen molar-refractivity contribution in [1.29, 1.82) is 0 Å². The predicted octanol–water partition coefficient (Wildman–Crippen LogP) is 2.34. The van der Waals surface area contributed by atoms with Gasteiger partial charge in [0.2, 0.25) is 0 Å². The molecule has 2 bridgehead atoms. The van der Waals surface area contributed by atoms with E-state index in [1.54, 1.807) is 6.20 Å². The first-order valence-electron chi connectivity index (χ1n) is 6.08. The van der Waals surface area contributed by atoms with Crippen molar-refractivity contribution in [2.45, 2.75) is 19.4 Å². The number of pyridine rings is 1. The number of hydrogen-bond acceptors (Lipinski definition) is 3. The first-order valence-corrected chi connectivity index (χ1v) is 6.08. The van der Waals surface area contributed by atoms with Crippen LogP contribution in [0.25, 0.3) is 0 Å². The van der Waals surface area contributed by atoms with Crippen molar-refractivity contribution in [1.82, 2.24) is 4.98 Å². The highest BCUT2D eigenvalue weighted by Gasteiger charge is 2.40. The van der Waals surface area contributed by atoms with Crippen LogP contribution < -0.4 is 0 Å². The average Bonchev–Trinajstić information content (AvgIpc) is 2.99. The Morgan fingerprint density at radius 3 is 2.94 bits per heavy atom. The summed E-state index contributed by atoms with van der Waals surface area (Å²) in [5.74, 6) is 1.03. The lowest BCUT2D eigenvalue weighted by Gasteiger charge is -2.16. The molecule has 0 saturated heterocycles. The Kier molecular flexibility index (Phi) is 2.67. The van der Waals surface area contributed by atoms with Gasteiger partial charge in [0.25, 0.3) is 0 Å². The minimum absolute atomic E-state index is 0.0625. The standard InChI is InChI=1S/C14H15NO2/c16-14(13-8-10-4-5-11(13)7-10)17-9-12-3-1-2-6-15-12/h1-6,10-11,13H,7-9H2/t10-,11+,13+/m1/s1. The fraction of sp³-hybridized carbons (Fsp3) is 0.429. The summed E-state index contributed by atoms with van der Waals surface area (Å²) in [7, 11) is 0. The van der Waals surface area contributed by atoms with Gasteiger partial charge in [-0.15, -0.1) is 0 Å². The Bertz CT molecular complexity index is 441. The van der Waals surface area contributed by atoms with Crippen LogP contribution in [-0.2, 0) is 16.1 Å². The average molecular weight is 229 g/mol. The van der Waals surface area contributed by atoms with E-state index in [-0.39, 0.29) is 18.5 Å². The molecule has 1 saturated carbocycles. The summed E-state index contributed by atoms with van der Waals surface area (Å²) in [6.07, 6.45) is 8.20.